The monoisotopic (exact) mass is 306 g/mol. The van der Waals surface area contributed by atoms with Crippen molar-refractivity contribution in [1.82, 2.24) is 0 Å². The molecule has 0 fully saturated rings. The van der Waals surface area contributed by atoms with Crippen molar-refractivity contribution < 1.29 is 14.3 Å². The Bertz CT molecular complexity index is 890. The minimum Gasteiger partial charge on any atom is -0.513 e. The lowest BCUT2D eigenvalue weighted by molar-refractivity contribution is 0.100. The van der Waals surface area contributed by atoms with Gasteiger partial charge >= 0.3 is 0 Å². The highest BCUT2D eigenvalue weighted by Gasteiger charge is 2.17. The fraction of sp³-hybridized carbons (Fsp3) is 0.0556. The fourth-order valence-electron chi connectivity index (χ4n) is 2.13. The molecule has 0 aliphatic rings. The molecule has 0 radical (unpaired) electrons. The quantitative estimate of drug-likeness (QED) is 0.315. The molecule has 0 saturated heterocycles. The second-order valence-corrected chi connectivity index (χ2v) is 4.98. The number of aliphatic hydroxyl groups is 1. The van der Waals surface area contributed by atoms with Crippen molar-refractivity contribution in [1.29, 1.82) is 0 Å². The fourth-order valence-corrected chi connectivity index (χ4v) is 2.13. The number of para-hydroxylation sites is 1. The number of hydrogen-bond acceptors (Lipinski definition) is 5. The minimum atomic E-state index is -0.527. The Labute approximate surface area is 132 Å². The number of aryl methyl sites for hydroxylation is 1. The number of benzene rings is 2. The second kappa shape index (κ2) is 6.27. The molecule has 23 heavy (non-hydrogen) atoms. The van der Waals surface area contributed by atoms with Crippen molar-refractivity contribution in [3.8, 4) is 0 Å². The number of aliphatic hydroxyl groups excluding tert-OH is 1. The van der Waals surface area contributed by atoms with Crippen molar-refractivity contribution in [2.45, 2.75) is 6.92 Å². The van der Waals surface area contributed by atoms with Gasteiger partial charge in [-0.1, -0.05) is 36.4 Å². The van der Waals surface area contributed by atoms with Gasteiger partial charge in [-0.25, -0.2) is 0 Å². The number of Topliss-reactive ketones (excluding diaryl/α,β-unsaturated/α-hetero) is 1. The van der Waals surface area contributed by atoms with Crippen LogP contribution >= 0.6 is 0 Å². The summed E-state index contributed by atoms with van der Waals surface area (Å²) in [5.74, 6) is -0.420. The van der Waals surface area contributed by atoms with E-state index in [-0.39, 0.29) is 11.5 Å². The Balaban J connectivity index is 1.89. The third-order valence-electron chi connectivity index (χ3n) is 3.39. The van der Waals surface area contributed by atoms with Gasteiger partial charge in [0, 0.05) is 5.39 Å². The Kier molecular flexibility index (Phi) is 4.01. The van der Waals surface area contributed by atoms with E-state index in [9.17, 15) is 9.90 Å². The number of rotatable bonds is 4. The molecule has 5 heteroatoms. The number of carbonyl (C=O) groups is 1. The zero-order valence-corrected chi connectivity index (χ0v) is 12.4. The first kappa shape index (κ1) is 14.7. The molecule has 0 atom stereocenters. The molecule has 1 heterocycles. The maximum absolute atomic E-state index is 12.4. The summed E-state index contributed by atoms with van der Waals surface area (Å²) in [6.45, 7) is 1.89. The maximum atomic E-state index is 12.4. The summed E-state index contributed by atoms with van der Waals surface area (Å²) in [4.78, 5) is 12.4. The number of hydrogen-bond donors (Lipinski definition) is 1. The average Bonchev–Trinajstić information content (AvgIpc) is 3.01. The number of azo groups is 1. The van der Waals surface area contributed by atoms with Crippen molar-refractivity contribution in [2.75, 3.05) is 0 Å². The van der Waals surface area contributed by atoms with Crippen molar-refractivity contribution >= 4 is 22.4 Å². The van der Waals surface area contributed by atoms with E-state index in [2.05, 4.69) is 10.2 Å². The van der Waals surface area contributed by atoms with Crippen molar-refractivity contribution in [2.24, 2.45) is 10.2 Å². The lowest BCUT2D eigenvalue weighted by atomic mass is 10.2. The molecule has 0 aliphatic heterocycles. The zero-order valence-electron chi connectivity index (χ0n) is 12.4. The van der Waals surface area contributed by atoms with Crippen LogP contribution < -0.4 is 0 Å². The van der Waals surface area contributed by atoms with E-state index in [0.717, 1.165) is 10.9 Å². The molecule has 1 aromatic heterocycles. The number of nitrogens with zero attached hydrogens (tertiary/aromatic N) is 2. The van der Waals surface area contributed by atoms with Crippen LogP contribution in [0.5, 0.6) is 0 Å². The minimum absolute atomic E-state index is 0.107. The highest BCUT2D eigenvalue weighted by Crippen LogP contribution is 2.23. The van der Waals surface area contributed by atoms with Crippen molar-refractivity contribution in [3.05, 3.63) is 77.9 Å². The van der Waals surface area contributed by atoms with Gasteiger partial charge in [0.05, 0.1) is 5.69 Å². The number of furan rings is 1. The molecule has 0 amide bonds. The van der Waals surface area contributed by atoms with Gasteiger partial charge in [-0.3, -0.25) is 4.79 Å². The third kappa shape index (κ3) is 3.03. The van der Waals surface area contributed by atoms with E-state index in [1.807, 2.05) is 43.3 Å². The summed E-state index contributed by atoms with van der Waals surface area (Å²) < 4.78 is 5.49. The Hall–Kier alpha value is -3.21. The molecule has 2 aromatic carbocycles. The van der Waals surface area contributed by atoms with Gasteiger partial charge in [-0.05, 0) is 30.7 Å². The maximum Gasteiger partial charge on any atom is 0.251 e. The Morgan fingerprint density at radius 2 is 1.87 bits per heavy atom. The predicted octanol–water partition coefficient (Wildman–Crippen LogP) is 5.11. The molecule has 0 aliphatic carbocycles. The largest absolute Gasteiger partial charge is 0.513 e. The molecule has 0 saturated carbocycles. The SMILES string of the molecule is Cc1ccccc1N=N/C(=C\O)C(=O)c1cc2ccccc2o1. The number of carbonyl (C=O) groups excluding carboxylic acids is 1. The van der Waals surface area contributed by atoms with Gasteiger partial charge in [-0.15, -0.1) is 5.11 Å². The first-order chi connectivity index (χ1) is 11.2. The first-order valence-electron chi connectivity index (χ1n) is 7.04. The van der Waals surface area contributed by atoms with Gasteiger partial charge in [0.15, 0.2) is 11.5 Å². The molecule has 3 aromatic rings. The van der Waals surface area contributed by atoms with Crippen LogP contribution in [0.25, 0.3) is 11.0 Å². The predicted molar refractivity (Wildman–Crippen MR) is 87.0 cm³/mol. The van der Waals surface area contributed by atoms with E-state index >= 15 is 0 Å². The summed E-state index contributed by atoms with van der Waals surface area (Å²) in [7, 11) is 0. The molecule has 0 spiro atoms. The Morgan fingerprint density at radius 1 is 1.13 bits per heavy atom. The number of ketones is 1. The van der Waals surface area contributed by atoms with Crippen LogP contribution in [-0.2, 0) is 0 Å². The highest BCUT2D eigenvalue weighted by molar-refractivity contribution is 6.08. The molecular weight excluding hydrogens is 292 g/mol. The standard InChI is InChI=1S/C18H14N2O3/c1-12-6-2-4-8-14(12)19-20-15(11-21)18(22)17-10-13-7-3-5-9-16(13)23-17/h2-11,21H,1H3/b15-11-,20-19?. The lowest BCUT2D eigenvalue weighted by Gasteiger charge is -1.98. The highest BCUT2D eigenvalue weighted by atomic mass is 16.3. The smallest absolute Gasteiger partial charge is 0.251 e. The van der Waals surface area contributed by atoms with E-state index in [1.54, 1.807) is 18.2 Å². The molecule has 1 N–H and O–H groups in total. The number of allylic oxidation sites excluding steroid dienone is 1. The van der Waals surface area contributed by atoms with Gasteiger partial charge in [-0.2, -0.15) is 5.11 Å². The van der Waals surface area contributed by atoms with E-state index in [0.29, 0.717) is 17.5 Å². The van der Waals surface area contributed by atoms with Crippen LogP contribution in [0.2, 0.25) is 0 Å². The summed E-state index contributed by atoms with van der Waals surface area (Å²) in [6.07, 6.45) is 0.636. The normalized spacial score (nSPS) is 12.1. The van der Waals surface area contributed by atoms with Gasteiger partial charge in [0.25, 0.3) is 5.78 Å². The lowest BCUT2D eigenvalue weighted by Crippen LogP contribution is -1.99. The average molecular weight is 306 g/mol. The molecular formula is C18H14N2O3. The molecule has 0 bridgehead atoms. The molecule has 5 nitrogen and oxygen atoms in total. The summed E-state index contributed by atoms with van der Waals surface area (Å²) in [5, 5.41) is 18.0. The summed E-state index contributed by atoms with van der Waals surface area (Å²) in [5.41, 5.74) is 1.96. The van der Waals surface area contributed by atoms with E-state index in [1.165, 1.54) is 0 Å². The van der Waals surface area contributed by atoms with Gasteiger partial charge in [0.1, 0.15) is 11.8 Å². The molecule has 3 rings (SSSR count). The third-order valence-corrected chi connectivity index (χ3v) is 3.39. The topological polar surface area (TPSA) is 75.2 Å². The van der Waals surface area contributed by atoms with Crippen molar-refractivity contribution in [3.63, 3.8) is 0 Å². The van der Waals surface area contributed by atoms with Crippen LogP contribution in [0, 0.1) is 6.92 Å². The van der Waals surface area contributed by atoms with Gasteiger partial charge < -0.3 is 9.52 Å². The second-order valence-electron chi connectivity index (χ2n) is 4.98. The van der Waals surface area contributed by atoms with Gasteiger partial charge in [0.2, 0.25) is 0 Å². The molecule has 0 unspecified atom stereocenters. The van der Waals surface area contributed by atoms with Crippen LogP contribution in [0.4, 0.5) is 5.69 Å². The Morgan fingerprint density at radius 3 is 2.61 bits per heavy atom. The summed E-state index contributed by atoms with van der Waals surface area (Å²) >= 11 is 0. The van der Waals surface area contributed by atoms with Crippen LogP contribution in [-0.4, -0.2) is 10.9 Å². The first-order valence-corrected chi connectivity index (χ1v) is 7.04. The van der Waals surface area contributed by atoms with Crippen LogP contribution in [0.1, 0.15) is 16.1 Å². The zero-order chi connectivity index (χ0) is 16.2. The van der Waals surface area contributed by atoms with E-state index in [4.69, 9.17) is 4.42 Å². The van der Waals surface area contributed by atoms with Crippen LogP contribution in [0.3, 0.4) is 0 Å². The molecule has 114 valence electrons. The summed E-state index contributed by atoms with van der Waals surface area (Å²) in [6, 6.07) is 16.3. The van der Waals surface area contributed by atoms with E-state index < -0.39 is 5.78 Å². The number of fused-ring (bicyclic) bond motifs is 1. The van der Waals surface area contributed by atoms with Crippen LogP contribution in [0.15, 0.2) is 81.2 Å².